The molecule has 2 rings (SSSR count). The molecule has 2 aromatic rings. The van der Waals surface area contributed by atoms with E-state index >= 15 is 0 Å². The van der Waals surface area contributed by atoms with Crippen molar-refractivity contribution in [1.82, 2.24) is 0 Å². The van der Waals surface area contributed by atoms with E-state index in [1.807, 2.05) is 24.3 Å². The van der Waals surface area contributed by atoms with Gasteiger partial charge in [0.2, 0.25) is 0 Å². The van der Waals surface area contributed by atoms with Crippen LogP contribution in [0.3, 0.4) is 0 Å². The average molecular weight is 294 g/mol. The molecule has 0 saturated carbocycles. The predicted molar refractivity (Wildman–Crippen MR) is 62.3 cm³/mol. The normalized spacial score (nSPS) is 6.68. The Labute approximate surface area is 122 Å². The van der Waals surface area contributed by atoms with E-state index in [4.69, 9.17) is 18.7 Å². The molecule has 5 heteroatoms. The van der Waals surface area contributed by atoms with Crippen molar-refractivity contribution in [2.24, 2.45) is 0 Å². The molecule has 4 nitrogen and oxygen atoms in total. The van der Waals surface area contributed by atoms with Crippen LogP contribution in [0.2, 0.25) is 0 Å². The van der Waals surface area contributed by atoms with Gasteiger partial charge in [-0.25, -0.2) is 0 Å². The van der Waals surface area contributed by atoms with Crippen LogP contribution in [0.25, 0.3) is 10.8 Å². The van der Waals surface area contributed by atoms with E-state index in [2.05, 4.69) is 38.2 Å². The van der Waals surface area contributed by atoms with Gasteiger partial charge in [0, 0.05) is 22.7 Å². The maximum Gasteiger partial charge on any atom is 0 e. The van der Waals surface area contributed by atoms with E-state index in [1.165, 1.54) is 10.8 Å². The molecule has 0 atom stereocenters. The zero-order chi connectivity index (χ0) is 14.4. The number of hydrogen-bond donors (Lipinski definition) is 0. The maximum absolute atomic E-state index is 7.50. The Hall–Kier alpha value is -1.75. The summed E-state index contributed by atoms with van der Waals surface area (Å²) < 4.78 is 27.7. The quantitative estimate of drug-likeness (QED) is 0.589. The second-order valence-electron chi connectivity index (χ2n) is 2.68. The summed E-state index contributed by atoms with van der Waals surface area (Å²) in [6, 6.07) is 14.2. The second kappa shape index (κ2) is 16.3. The Morgan fingerprint density at radius 2 is 1.26 bits per heavy atom. The molecular formula is C14H10CrO4. The SMILES string of the molecule is COc1cccc2ccccc12.[C-]#[O+].[C-]#[O+].[C-]#[O+].[Cr]. The second-order valence-corrected chi connectivity index (χ2v) is 2.68. The Kier molecular flexibility index (Phi) is 19.2. The first-order valence-electron chi connectivity index (χ1n) is 4.55. The van der Waals surface area contributed by atoms with E-state index in [-0.39, 0.29) is 17.4 Å². The average Bonchev–Trinajstić information content (AvgIpc) is 2.52. The molecular weight excluding hydrogens is 284 g/mol. The van der Waals surface area contributed by atoms with Crippen LogP contribution in [0.4, 0.5) is 0 Å². The summed E-state index contributed by atoms with van der Waals surface area (Å²) in [5.74, 6) is 0.938. The molecule has 0 unspecified atom stereocenters. The molecule has 96 valence electrons. The van der Waals surface area contributed by atoms with Gasteiger partial charge in [-0.05, 0) is 11.5 Å². The van der Waals surface area contributed by atoms with Gasteiger partial charge in [0.1, 0.15) is 5.75 Å². The van der Waals surface area contributed by atoms with Gasteiger partial charge >= 0.3 is 33.9 Å². The smallest absolute Gasteiger partial charge is 0 e. The van der Waals surface area contributed by atoms with Crippen molar-refractivity contribution in [2.75, 3.05) is 7.11 Å². The fourth-order valence-electron chi connectivity index (χ4n) is 1.37. The van der Waals surface area contributed by atoms with Gasteiger partial charge < -0.3 is 4.74 Å². The molecule has 0 fully saturated rings. The standard InChI is InChI=1S/C11H10O.3CO.Cr/c1-12-11-8-4-6-9-5-2-3-7-10(9)11;3*1-2;/h2-8H,1H3;;;;. The molecule has 2 aromatic carbocycles. The summed E-state index contributed by atoms with van der Waals surface area (Å²) in [7, 11) is 1.70. The molecule has 0 aliphatic heterocycles. The molecule has 0 amide bonds. The summed E-state index contributed by atoms with van der Waals surface area (Å²) >= 11 is 0. The number of methoxy groups -OCH3 is 1. The van der Waals surface area contributed by atoms with Crippen molar-refractivity contribution < 1.29 is 36.1 Å². The summed E-state index contributed by atoms with van der Waals surface area (Å²) in [6.45, 7) is 13.5. The third-order valence-electron chi connectivity index (χ3n) is 1.97. The minimum absolute atomic E-state index is 0. The van der Waals surface area contributed by atoms with Crippen molar-refractivity contribution >= 4 is 10.8 Å². The number of hydrogen-bond acceptors (Lipinski definition) is 1. The molecule has 0 aromatic heterocycles. The van der Waals surface area contributed by atoms with E-state index < -0.39 is 0 Å². The van der Waals surface area contributed by atoms with Crippen LogP contribution in [0.15, 0.2) is 42.5 Å². The van der Waals surface area contributed by atoms with Crippen molar-refractivity contribution in [3.8, 4) is 5.75 Å². The molecule has 0 N–H and O–H groups in total. The summed E-state index contributed by atoms with van der Waals surface area (Å²) in [4.78, 5) is 0. The van der Waals surface area contributed by atoms with E-state index in [9.17, 15) is 0 Å². The third-order valence-corrected chi connectivity index (χ3v) is 1.97. The zero-order valence-electron chi connectivity index (χ0n) is 10.1. The van der Waals surface area contributed by atoms with Gasteiger partial charge in [0.25, 0.3) is 0 Å². The topological polar surface area (TPSA) is 68.9 Å². The molecule has 0 bridgehead atoms. The molecule has 0 aliphatic carbocycles. The first kappa shape index (κ1) is 22.4. The maximum atomic E-state index is 7.50. The number of benzene rings is 2. The van der Waals surface area contributed by atoms with Crippen molar-refractivity contribution in [3.05, 3.63) is 62.4 Å². The minimum atomic E-state index is 0. The Morgan fingerprint density at radius 1 is 0.789 bits per heavy atom. The summed E-state index contributed by atoms with van der Waals surface area (Å²) in [5, 5.41) is 2.39. The third kappa shape index (κ3) is 7.31. The Balaban J connectivity index is -0.000000325. The first-order chi connectivity index (χ1) is 8.92. The molecule has 0 radical (unpaired) electrons. The van der Waals surface area contributed by atoms with Gasteiger partial charge in [-0.3, -0.25) is 0 Å². The van der Waals surface area contributed by atoms with Crippen LogP contribution in [-0.2, 0) is 31.3 Å². The molecule has 0 aliphatic rings. The zero-order valence-corrected chi connectivity index (χ0v) is 11.4. The molecule has 0 heterocycles. The number of fused-ring (bicyclic) bond motifs is 1. The van der Waals surface area contributed by atoms with Gasteiger partial charge in [-0.15, -0.1) is 0 Å². The Bertz CT molecular complexity index is 498. The van der Waals surface area contributed by atoms with Crippen LogP contribution in [0, 0.1) is 20.0 Å². The van der Waals surface area contributed by atoms with Gasteiger partial charge in [-0.2, -0.15) is 0 Å². The molecule has 0 saturated heterocycles. The van der Waals surface area contributed by atoms with E-state index in [1.54, 1.807) is 7.11 Å². The van der Waals surface area contributed by atoms with Crippen molar-refractivity contribution in [2.45, 2.75) is 0 Å². The number of rotatable bonds is 1. The van der Waals surface area contributed by atoms with Crippen LogP contribution < -0.4 is 4.74 Å². The van der Waals surface area contributed by atoms with Gasteiger partial charge in [0.15, 0.2) is 0 Å². The van der Waals surface area contributed by atoms with E-state index in [0.29, 0.717) is 0 Å². The van der Waals surface area contributed by atoms with Gasteiger partial charge in [-0.1, -0.05) is 36.4 Å². The fraction of sp³-hybridized carbons (Fsp3) is 0.0714. The minimum Gasteiger partial charge on any atom is 0 e. The first-order valence-corrected chi connectivity index (χ1v) is 4.55. The summed E-state index contributed by atoms with van der Waals surface area (Å²) in [5.41, 5.74) is 0. The van der Waals surface area contributed by atoms with Crippen molar-refractivity contribution in [1.29, 1.82) is 0 Å². The van der Waals surface area contributed by atoms with Crippen LogP contribution in [-0.4, -0.2) is 7.11 Å². The van der Waals surface area contributed by atoms with E-state index in [0.717, 1.165) is 5.75 Å². The predicted octanol–water partition coefficient (Wildman–Crippen LogP) is 2.73. The Morgan fingerprint density at radius 3 is 1.79 bits per heavy atom. The van der Waals surface area contributed by atoms with Crippen LogP contribution in [0.5, 0.6) is 5.75 Å². The van der Waals surface area contributed by atoms with Crippen molar-refractivity contribution in [3.63, 3.8) is 0 Å². The molecule has 0 spiro atoms. The van der Waals surface area contributed by atoms with Crippen LogP contribution in [0.1, 0.15) is 0 Å². The molecule has 19 heavy (non-hydrogen) atoms. The fourth-order valence-corrected chi connectivity index (χ4v) is 1.37. The number of ether oxygens (including phenoxy) is 1. The monoisotopic (exact) mass is 294 g/mol. The summed E-state index contributed by atoms with van der Waals surface area (Å²) in [6.07, 6.45) is 0. The van der Waals surface area contributed by atoms with Crippen LogP contribution >= 0.6 is 0 Å². The van der Waals surface area contributed by atoms with Gasteiger partial charge in [0.05, 0.1) is 7.11 Å². The largest absolute Gasteiger partial charge is 0 e.